The highest BCUT2D eigenvalue weighted by atomic mass is 32.1. The molecule has 0 bridgehead atoms. The average Bonchev–Trinajstić information content (AvgIpc) is 2.58. The number of oxazole rings is 1. The number of H-pyrrole nitrogens is 1. The zero-order chi connectivity index (χ0) is 8.55. The first-order chi connectivity index (χ1) is 5.77. The van der Waals surface area contributed by atoms with Crippen LogP contribution in [0.5, 0.6) is 0 Å². The lowest BCUT2D eigenvalue weighted by atomic mass is 10.3. The lowest BCUT2D eigenvalue weighted by Gasteiger charge is -1.94. The van der Waals surface area contributed by atoms with Crippen LogP contribution in [-0.4, -0.2) is 14.8 Å². The normalized spacial score (nSPS) is 10.4. The molecule has 0 aliphatic heterocycles. The Morgan fingerprint density at radius 1 is 1.67 bits per heavy atom. The second kappa shape index (κ2) is 2.60. The predicted octanol–water partition coefficient (Wildman–Crippen LogP) is 1.74. The number of rotatable bonds is 1. The molecule has 0 saturated heterocycles. The molecule has 0 spiro atoms. The quantitative estimate of drug-likeness (QED) is 0.681. The van der Waals surface area contributed by atoms with Crippen LogP contribution in [-0.2, 0) is 7.05 Å². The van der Waals surface area contributed by atoms with Crippen molar-refractivity contribution in [1.29, 1.82) is 0 Å². The van der Waals surface area contributed by atoms with Gasteiger partial charge in [-0.15, -0.1) is 0 Å². The minimum absolute atomic E-state index is 0.381. The summed E-state index contributed by atoms with van der Waals surface area (Å²) < 4.78 is 6.71. The number of aromatic nitrogens is 3. The van der Waals surface area contributed by atoms with Gasteiger partial charge in [-0.3, -0.25) is 4.68 Å². The SMILES string of the molecule is Cn1nccc1-c1coc(=S)[nH]1. The van der Waals surface area contributed by atoms with Crippen LogP contribution < -0.4 is 0 Å². The number of nitrogens with one attached hydrogen (secondary N) is 1. The van der Waals surface area contributed by atoms with Crippen molar-refractivity contribution in [3.05, 3.63) is 23.4 Å². The largest absolute Gasteiger partial charge is 0.437 e. The number of aromatic amines is 1. The van der Waals surface area contributed by atoms with Crippen molar-refractivity contribution in [3.63, 3.8) is 0 Å². The van der Waals surface area contributed by atoms with Crippen molar-refractivity contribution in [1.82, 2.24) is 14.8 Å². The second-order valence-corrected chi connectivity index (χ2v) is 2.77. The molecule has 0 radical (unpaired) electrons. The van der Waals surface area contributed by atoms with Crippen LogP contribution in [0.4, 0.5) is 0 Å². The van der Waals surface area contributed by atoms with Gasteiger partial charge in [0.2, 0.25) is 0 Å². The molecule has 2 rings (SSSR count). The molecule has 0 fully saturated rings. The van der Waals surface area contributed by atoms with Gasteiger partial charge in [-0.2, -0.15) is 5.10 Å². The van der Waals surface area contributed by atoms with Gasteiger partial charge in [0, 0.05) is 13.2 Å². The molecule has 2 aromatic rings. The maximum atomic E-state index is 4.96. The van der Waals surface area contributed by atoms with Crippen LogP contribution in [0.15, 0.2) is 22.9 Å². The molecule has 0 aliphatic carbocycles. The van der Waals surface area contributed by atoms with E-state index in [-0.39, 0.29) is 0 Å². The Labute approximate surface area is 73.8 Å². The number of nitrogens with zero attached hydrogens (tertiary/aromatic N) is 2. The van der Waals surface area contributed by atoms with Crippen LogP contribution in [0.1, 0.15) is 0 Å². The van der Waals surface area contributed by atoms with Crippen LogP contribution in [0.3, 0.4) is 0 Å². The van der Waals surface area contributed by atoms with Gasteiger partial charge in [-0.05, 0) is 18.3 Å². The summed E-state index contributed by atoms with van der Waals surface area (Å²) in [6.07, 6.45) is 3.30. The zero-order valence-corrected chi connectivity index (χ0v) is 7.26. The van der Waals surface area contributed by atoms with Crippen molar-refractivity contribution in [3.8, 4) is 11.4 Å². The molecule has 4 nitrogen and oxygen atoms in total. The third-order valence-corrected chi connectivity index (χ3v) is 1.82. The third kappa shape index (κ3) is 1.08. The first-order valence-electron chi connectivity index (χ1n) is 3.43. The fraction of sp³-hybridized carbons (Fsp3) is 0.143. The summed E-state index contributed by atoms with van der Waals surface area (Å²) in [5, 5.41) is 4.02. The first-order valence-corrected chi connectivity index (χ1v) is 3.84. The standard InChI is InChI=1S/C7H7N3OS/c1-10-6(2-3-8-10)5-4-11-7(12)9-5/h2-4H,1H3,(H,9,12). The Morgan fingerprint density at radius 3 is 3.00 bits per heavy atom. The molecule has 0 aromatic carbocycles. The molecule has 0 saturated carbocycles. The Hall–Kier alpha value is -1.36. The van der Waals surface area contributed by atoms with Gasteiger partial charge in [0.25, 0.3) is 4.84 Å². The molecule has 0 aliphatic rings. The Morgan fingerprint density at radius 2 is 2.50 bits per heavy atom. The molecule has 62 valence electrons. The fourth-order valence-electron chi connectivity index (χ4n) is 1.04. The maximum Gasteiger partial charge on any atom is 0.266 e. The molecule has 2 aromatic heterocycles. The number of hydrogen-bond donors (Lipinski definition) is 1. The van der Waals surface area contributed by atoms with Crippen molar-refractivity contribution >= 4 is 12.2 Å². The smallest absolute Gasteiger partial charge is 0.266 e. The molecule has 1 N–H and O–H groups in total. The lowest BCUT2D eigenvalue weighted by molar-refractivity contribution is 0.541. The molecule has 0 amide bonds. The van der Waals surface area contributed by atoms with Crippen molar-refractivity contribution in [2.75, 3.05) is 0 Å². The lowest BCUT2D eigenvalue weighted by Crippen LogP contribution is -1.92. The summed E-state index contributed by atoms with van der Waals surface area (Å²) >= 11 is 4.80. The van der Waals surface area contributed by atoms with Gasteiger partial charge in [0.1, 0.15) is 12.0 Å². The van der Waals surface area contributed by atoms with E-state index in [2.05, 4.69) is 10.1 Å². The highest BCUT2D eigenvalue weighted by molar-refractivity contribution is 7.71. The van der Waals surface area contributed by atoms with E-state index in [1.807, 2.05) is 13.1 Å². The third-order valence-electron chi connectivity index (χ3n) is 1.62. The van der Waals surface area contributed by atoms with E-state index in [0.29, 0.717) is 4.84 Å². The minimum Gasteiger partial charge on any atom is -0.437 e. The average molecular weight is 181 g/mol. The van der Waals surface area contributed by atoms with Crippen molar-refractivity contribution in [2.45, 2.75) is 0 Å². The van der Waals surface area contributed by atoms with Gasteiger partial charge in [0.05, 0.1) is 5.69 Å². The van der Waals surface area contributed by atoms with Gasteiger partial charge in [-0.1, -0.05) is 0 Å². The summed E-state index contributed by atoms with van der Waals surface area (Å²) in [7, 11) is 1.86. The molecule has 12 heavy (non-hydrogen) atoms. The Kier molecular flexibility index (Phi) is 1.58. The van der Waals surface area contributed by atoms with Crippen LogP contribution in [0.25, 0.3) is 11.4 Å². The Bertz CT molecular complexity index is 439. The monoisotopic (exact) mass is 181 g/mol. The highest BCUT2D eigenvalue weighted by Crippen LogP contribution is 2.15. The Balaban J connectivity index is 2.57. The minimum atomic E-state index is 0.381. The predicted molar refractivity (Wildman–Crippen MR) is 46.1 cm³/mol. The number of aryl methyl sites for hydroxylation is 1. The topological polar surface area (TPSA) is 46.8 Å². The van der Waals surface area contributed by atoms with Gasteiger partial charge in [0.15, 0.2) is 0 Å². The van der Waals surface area contributed by atoms with E-state index < -0.39 is 0 Å². The van der Waals surface area contributed by atoms with E-state index in [4.69, 9.17) is 16.6 Å². The van der Waals surface area contributed by atoms with Gasteiger partial charge in [-0.25, -0.2) is 0 Å². The first kappa shape index (κ1) is 7.30. The molecule has 0 unspecified atom stereocenters. The molecule has 2 heterocycles. The van der Waals surface area contributed by atoms with E-state index >= 15 is 0 Å². The fourth-order valence-corrected chi connectivity index (χ4v) is 1.20. The second-order valence-electron chi connectivity index (χ2n) is 2.40. The highest BCUT2D eigenvalue weighted by Gasteiger charge is 2.03. The zero-order valence-electron chi connectivity index (χ0n) is 6.44. The molecule has 0 atom stereocenters. The van der Waals surface area contributed by atoms with Crippen LogP contribution in [0.2, 0.25) is 0 Å². The van der Waals surface area contributed by atoms with Crippen molar-refractivity contribution < 1.29 is 4.42 Å². The molecular formula is C7H7N3OS. The van der Waals surface area contributed by atoms with E-state index in [1.165, 1.54) is 0 Å². The summed E-state index contributed by atoms with van der Waals surface area (Å²) in [5.74, 6) is 0. The maximum absolute atomic E-state index is 4.96. The van der Waals surface area contributed by atoms with Crippen LogP contribution in [0, 0.1) is 4.84 Å². The summed E-state index contributed by atoms with van der Waals surface area (Å²) in [5.41, 5.74) is 1.80. The number of hydrogen-bond acceptors (Lipinski definition) is 3. The summed E-state index contributed by atoms with van der Waals surface area (Å²) in [4.78, 5) is 3.29. The van der Waals surface area contributed by atoms with Crippen molar-refractivity contribution in [2.24, 2.45) is 7.05 Å². The molecule has 5 heteroatoms. The summed E-state index contributed by atoms with van der Waals surface area (Å²) in [6, 6.07) is 1.89. The summed E-state index contributed by atoms with van der Waals surface area (Å²) in [6.45, 7) is 0. The van der Waals surface area contributed by atoms with E-state index in [9.17, 15) is 0 Å². The van der Waals surface area contributed by atoms with E-state index in [1.54, 1.807) is 17.1 Å². The van der Waals surface area contributed by atoms with E-state index in [0.717, 1.165) is 11.4 Å². The van der Waals surface area contributed by atoms with Gasteiger partial charge >= 0.3 is 0 Å². The van der Waals surface area contributed by atoms with Gasteiger partial charge < -0.3 is 9.40 Å². The van der Waals surface area contributed by atoms with Crippen LogP contribution >= 0.6 is 12.2 Å². The molecular weight excluding hydrogens is 174 g/mol.